The lowest BCUT2D eigenvalue weighted by molar-refractivity contribution is -0.0427. The average molecular weight is 765 g/mol. The van der Waals surface area contributed by atoms with Crippen LogP contribution in [0.2, 0.25) is 0 Å². The predicted molar refractivity (Wildman–Crippen MR) is 176 cm³/mol. The number of ether oxygens (including phenoxy) is 2. The molecule has 10 atom stereocenters. The number of nitrogens with one attached hydrogen (secondary N) is 2. The molecular weight excluding hydrogens is 732 g/mol. The summed E-state index contributed by atoms with van der Waals surface area (Å²) in [6.45, 7) is 0.0202. The number of nitrogens with zero attached hydrogens (tertiary/aromatic N) is 8. The SMILES string of the molecule is O=[P+](S)OC1[C@@H](F)C(n2cnc3c(NCCCCCNc4ncnc5c4ncn5C4OC(CO)[C@@H](O[P+](=O)S)[C@H]4F)ncnc32)O[C@@H]1CO. The number of thiol groups is 2. The van der Waals surface area contributed by atoms with Gasteiger partial charge in [-0.1, -0.05) is 0 Å². The Bertz CT molecular complexity index is 1670. The van der Waals surface area contributed by atoms with Crippen LogP contribution in [0.1, 0.15) is 31.7 Å². The Balaban J connectivity index is 1.00. The average Bonchev–Trinajstić information content (AvgIpc) is 3.85. The fourth-order valence-electron chi connectivity index (χ4n) is 5.77. The molecule has 2 fully saturated rings. The maximum absolute atomic E-state index is 15.2. The van der Waals surface area contributed by atoms with Gasteiger partial charge >= 0.3 is 14.5 Å². The van der Waals surface area contributed by atoms with Crippen molar-refractivity contribution in [2.24, 2.45) is 0 Å². The zero-order valence-corrected chi connectivity index (χ0v) is 28.9. The highest BCUT2D eigenvalue weighted by molar-refractivity contribution is 8.39. The van der Waals surface area contributed by atoms with Gasteiger partial charge in [0.1, 0.15) is 49.4 Å². The molecule has 2 aliphatic rings. The first-order valence-corrected chi connectivity index (χ1v) is 19.7. The van der Waals surface area contributed by atoms with Gasteiger partial charge in [0.15, 0.2) is 71.0 Å². The Morgan fingerprint density at radius 1 is 0.735 bits per heavy atom. The number of imidazole rings is 2. The van der Waals surface area contributed by atoms with Crippen molar-refractivity contribution in [3.8, 4) is 0 Å². The molecule has 4 N–H and O–H groups in total. The number of aliphatic hydroxyl groups is 2. The van der Waals surface area contributed by atoms with Crippen molar-refractivity contribution in [2.75, 3.05) is 36.9 Å². The first kappa shape index (κ1) is 36.0. The summed E-state index contributed by atoms with van der Waals surface area (Å²) in [7, 11) is -4.84. The van der Waals surface area contributed by atoms with Crippen LogP contribution in [0.5, 0.6) is 0 Å². The molecule has 0 amide bonds. The molecular formula is C25H32F2N10O8P2S2+2. The number of anilines is 2. The topological polar surface area (TPSA) is 223 Å². The van der Waals surface area contributed by atoms with Crippen LogP contribution in [-0.4, -0.2) is 112 Å². The Kier molecular flexibility index (Phi) is 11.8. The molecule has 24 heteroatoms. The number of unbranched alkanes of at least 4 members (excludes halogenated alkanes) is 2. The molecule has 2 aliphatic heterocycles. The number of hydrogen-bond acceptors (Lipinski definition) is 16. The summed E-state index contributed by atoms with van der Waals surface area (Å²) in [6, 6.07) is 0. The summed E-state index contributed by atoms with van der Waals surface area (Å²) < 4.78 is 77.5. The smallest absolute Gasteiger partial charge is 0.394 e. The van der Waals surface area contributed by atoms with Gasteiger partial charge in [-0.15, -0.1) is 9.05 Å². The van der Waals surface area contributed by atoms with Gasteiger partial charge in [0.25, 0.3) is 0 Å². The van der Waals surface area contributed by atoms with E-state index in [1.54, 1.807) is 0 Å². The van der Waals surface area contributed by atoms with Crippen molar-refractivity contribution in [3.05, 3.63) is 25.3 Å². The normalized spacial score (nSPS) is 27.6. The second-order valence-electron chi connectivity index (χ2n) is 11.0. The van der Waals surface area contributed by atoms with Crippen LogP contribution in [-0.2, 0) is 27.7 Å². The van der Waals surface area contributed by atoms with Gasteiger partial charge in [-0.3, -0.25) is 9.13 Å². The molecule has 18 nitrogen and oxygen atoms in total. The summed E-state index contributed by atoms with van der Waals surface area (Å²) >= 11 is 7.36. The molecule has 0 saturated carbocycles. The van der Waals surface area contributed by atoms with Gasteiger partial charge in [0.05, 0.1) is 25.9 Å². The standard InChI is InChI=1S/C25H30F2N10O8P2S2/c26-14-18(44-46(40)48)12(6-38)42-24(14)36-10-34-16-20(30-8-32-22(16)36)28-4-2-1-3-5-29-21-17-23(33-9-31-21)37(11-35-17)25-15(27)19(45-47(41)49)13(7-39)43-25/h8-15,18-19,24-25,38-39H,1-7H2,(H2-2,28,29,30,31,32,33,40,41,48,49)/p+2/t12-,13?,14-,15-,18?,19-,24?,25?/m1/s1. The number of rotatable bonds is 16. The van der Waals surface area contributed by atoms with E-state index in [1.165, 1.54) is 34.4 Å². The lowest BCUT2D eigenvalue weighted by Crippen LogP contribution is -2.31. The number of fused-ring (bicyclic) bond motifs is 2. The lowest BCUT2D eigenvalue weighted by Gasteiger charge is -2.15. The van der Waals surface area contributed by atoms with Crippen LogP contribution >= 0.6 is 39.0 Å². The third kappa shape index (κ3) is 7.63. The van der Waals surface area contributed by atoms with Crippen LogP contribution < -0.4 is 10.6 Å². The first-order valence-electron chi connectivity index (χ1n) is 15.0. The summed E-state index contributed by atoms with van der Waals surface area (Å²) in [6.07, 6.45) is -2.92. The van der Waals surface area contributed by atoms with Crippen LogP contribution in [0.25, 0.3) is 22.3 Å². The second kappa shape index (κ2) is 16.1. The number of alkyl halides is 2. The second-order valence-corrected chi connectivity index (χ2v) is 14.3. The van der Waals surface area contributed by atoms with E-state index in [0.29, 0.717) is 47.1 Å². The zero-order valence-electron chi connectivity index (χ0n) is 25.3. The van der Waals surface area contributed by atoms with Crippen molar-refractivity contribution >= 4 is 72.9 Å². The summed E-state index contributed by atoms with van der Waals surface area (Å²) in [4.78, 5) is 25.7. The number of halogens is 2. The fourth-order valence-corrected chi connectivity index (χ4v) is 7.34. The summed E-state index contributed by atoms with van der Waals surface area (Å²) in [5.74, 6) is 0.896. The van der Waals surface area contributed by atoms with Crippen LogP contribution in [0.3, 0.4) is 0 Å². The molecule has 4 aromatic rings. The maximum Gasteiger partial charge on any atom is 0.582 e. The van der Waals surface area contributed by atoms with E-state index < -0.39 is 76.9 Å². The van der Waals surface area contributed by atoms with Gasteiger partial charge < -0.3 is 30.3 Å². The Labute approximate surface area is 288 Å². The van der Waals surface area contributed by atoms with E-state index in [9.17, 15) is 19.3 Å². The lowest BCUT2D eigenvalue weighted by atomic mass is 10.1. The molecule has 2 saturated heterocycles. The minimum absolute atomic E-state index is 0.304. The van der Waals surface area contributed by atoms with E-state index in [4.69, 9.17) is 18.5 Å². The number of aliphatic hydroxyl groups excluding tert-OH is 2. The summed E-state index contributed by atoms with van der Waals surface area (Å²) in [5.41, 5.74) is 1.40. The highest BCUT2D eigenvalue weighted by Gasteiger charge is 2.52. The van der Waals surface area contributed by atoms with Gasteiger partial charge in [-0.25, -0.2) is 38.7 Å². The first-order chi connectivity index (χ1) is 23.7. The van der Waals surface area contributed by atoms with E-state index in [-0.39, 0.29) is 0 Å². The van der Waals surface area contributed by atoms with Crippen molar-refractivity contribution < 1.29 is 46.6 Å². The molecule has 264 valence electrons. The highest BCUT2D eigenvalue weighted by atomic mass is 32.7. The third-order valence-corrected chi connectivity index (χ3v) is 9.44. The fraction of sp³-hybridized carbons (Fsp3) is 0.600. The summed E-state index contributed by atoms with van der Waals surface area (Å²) in [5, 5.41) is 25.7. The van der Waals surface area contributed by atoms with Gasteiger partial charge in [-0.2, -0.15) is 0 Å². The van der Waals surface area contributed by atoms with Crippen molar-refractivity contribution in [2.45, 2.75) is 68.5 Å². The van der Waals surface area contributed by atoms with Crippen molar-refractivity contribution in [3.63, 3.8) is 0 Å². The Morgan fingerprint density at radius 3 is 1.55 bits per heavy atom. The van der Waals surface area contributed by atoms with Crippen molar-refractivity contribution in [1.29, 1.82) is 0 Å². The molecule has 0 bridgehead atoms. The van der Waals surface area contributed by atoms with E-state index in [2.05, 4.69) is 65.0 Å². The van der Waals surface area contributed by atoms with Crippen LogP contribution in [0.4, 0.5) is 20.4 Å². The molecule has 6 unspecified atom stereocenters. The largest absolute Gasteiger partial charge is 0.582 e. The van der Waals surface area contributed by atoms with Crippen molar-refractivity contribution in [1.82, 2.24) is 39.0 Å². The molecule has 6 rings (SSSR count). The van der Waals surface area contributed by atoms with Gasteiger partial charge in [-0.05, 0) is 28.4 Å². The minimum atomic E-state index is -2.42. The molecule has 0 radical (unpaired) electrons. The molecule has 49 heavy (non-hydrogen) atoms. The Morgan fingerprint density at radius 2 is 1.16 bits per heavy atom. The Hall–Kier alpha value is -2.78. The quantitative estimate of drug-likeness (QED) is 0.0548. The molecule has 6 heterocycles. The van der Waals surface area contributed by atoms with E-state index in [0.717, 1.165) is 19.3 Å². The van der Waals surface area contributed by atoms with E-state index in [1.807, 2.05) is 0 Å². The predicted octanol–water partition coefficient (Wildman–Crippen LogP) is 3.06. The highest BCUT2D eigenvalue weighted by Crippen LogP contribution is 2.42. The van der Waals surface area contributed by atoms with E-state index >= 15 is 8.78 Å². The third-order valence-electron chi connectivity index (χ3n) is 8.02. The minimum Gasteiger partial charge on any atom is -0.394 e. The molecule has 0 aromatic carbocycles. The zero-order chi connectivity index (χ0) is 34.7. The van der Waals surface area contributed by atoms with Gasteiger partial charge in [0.2, 0.25) is 0 Å². The van der Waals surface area contributed by atoms with Crippen LogP contribution in [0, 0.1) is 0 Å². The number of aromatic nitrogens is 8. The monoisotopic (exact) mass is 764 g/mol. The molecule has 0 aliphatic carbocycles. The molecule has 0 spiro atoms. The van der Waals surface area contributed by atoms with Crippen LogP contribution in [0.15, 0.2) is 25.3 Å². The van der Waals surface area contributed by atoms with Gasteiger partial charge in [0, 0.05) is 13.1 Å². The number of hydrogen-bond donors (Lipinski definition) is 6. The maximum atomic E-state index is 15.2. The molecule has 4 aromatic heterocycles.